The van der Waals surface area contributed by atoms with Crippen molar-refractivity contribution in [1.29, 1.82) is 0 Å². The molecule has 0 rings (SSSR count). The van der Waals surface area contributed by atoms with Gasteiger partial charge < -0.3 is 30.5 Å². The van der Waals surface area contributed by atoms with Gasteiger partial charge >= 0.3 is 5.97 Å². The monoisotopic (exact) mass is 223 g/mol. The van der Waals surface area contributed by atoms with E-state index in [1.165, 1.54) is 6.92 Å². The Morgan fingerprint density at radius 3 is 2.53 bits per heavy atom. The maximum atomic E-state index is 10.7. The number of aliphatic hydroxyl groups excluding tert-OH is 1. The standard InChI is InChI=1S/C8H17NO6/c1-2-8(12,13)14-5-6(4-10)15-7(11)3-9/h6,10,12-13H,2-5,9H2,1H3. The van der Waals surface area contributed by atoms with Gasteiger partial charge in [-0.25, -0.2) is 0 Å². The van der Waals surface area contributed by atoms with E-state index in [1.807, 2.05) is 0 Å². The van der Waals surface area contributed by atoms with Crippen molar-refractivity contribution in [3.05, 3.63) is 0 Å². The van der Waals surface area contributed by atoms with E-state index in [0.29, 0.717) is 0 Å². The van der Waals surface area contributed by atoms with Crippen LogP contribution >= 0.6 is 0 Å². The van der Waals surface area contributed by atoms with E-state index >= 15 is 0 Å². The zero-order valence-electron chi connectivity index (χ0n) is 8.55. The van der Waals surface area contributed by atoms with Crippen LogP contribution in [0.15, 0.2) is 0 Å². The summed E-state index contributed by atoms with van der Waals surface area (Å²) in [4.78, 5) is 10.7. The van der Waals surface area contributed by atoms with Gasteiger partial charge in [-0.15, -0.1) is 0 Å². The number of carbonyl (C=O) groups is 1. The van der Waals surface area contributed by atoms with Crippen molar-refractivity contribution < 1.29 is 29.6 Å². The van der Waals surface area contributed by atoms with Crippen molar-refractivity contribution in [3.8, 4) is 0 Å². The molecule has 0 aliphatic heterocycles. The molecule has 0 aliphatic carbocycles. The van der Waals surface area contributed by atoms with E-state index in [4.69, 9.17) is 21.1 Å². The summed E-state index contributed by atoms with van der Waals surface area (Å²) in [6, 6.07) is 0. The Bertz CT molecular complexity index is 196. The molecule has 7 nitrogen and oxygen atoms in total. The molecule has 0 saturated carbocycles. The third-order valence-corrected chi connectivity index (χ3v) is 1.63. The minimum absolute atomic E-state index is 0.0457. The maximum absolute atomic E-state index is 10.7. The number of esters is 1. The number of ether oxygens (including phenoxy) is 2. The van der Waals surface area contributed by atoms with E-state index in [1.54, 1.807) is 0 Å². The Hall–Kier alpha value is -0.730. The van der Waals surface area contributed by atoms with Crippen molar-refractivity contribution >= 4 is 5.97 Å². The highest BCUT2D eigenvalue weighted by atomic mass is 16.8. The minimum atomic E-state index is -2.28. The molecular formula is C8H17NO6. The number of nitrogens with two attached hydrogens (primary N) is 1. The van der Waals surface area contributed by atoms with Crippen LogP contribution in [0.4, 0.5) is 0 Å². The molecule has 0 spiro atoms. The van der Waals surface area contributed by atoms with Crippen LogP contribution < -0.4 is 5.73 Å². The zero-order chi connectivity index (χ0) is 11.9. The third kappa shape index (κ3) is 6.37. The second kappa shape index (κ2) is 6.70. The predicted octanol–water partition coefficient (Wildman–Crippen LogP) is -2.09. The minimum Gasteiger partial charge on any atom is -0.456 e. The number of carbonyl (C=O) groups excluding carboxylic acids is 1. The van der Waals surface area contributed by atoms with E-state index < -0.39 is 24.7 Å². The molecule has 5 N–H and O–H groups in total. The fraction of sp³-hybridized carbons (Fsp3) is 0.875. The molecule has 7 heteroatoms. The van der Waals surface area contributed by atoms with Crippen LogP contribution in [0.1, 0.15) is 13.3 Å². The molecule has 0 fully saturated rings. The van der Waals surface area contributed by atoms with Crippen molar-refractivity contribution in [2.75, 3.05) is 19.8 Å². The average Bonchev–Trinajstić information content (AvgIpc) is 2.23. The van der Waals surface area contributed by atoms with Gasteiger partial charge in [-0.2, -0.15) is 0 Å². The number of rotatable bonds is 7. The summed E-state index contributed by atoms with van der Waals surface area (Å²) < 4.78 is 9.24. The molecule has 0 aromatic heterocycles. The van der Waals surface area contributed by atoms with Gasteiger partial charge in [-0.05, 0) is 0 Å². The fourth-order valence-corrected chi connectivity index (χ4v) is 0.686. The van der Waals surface area contributed by atoms with Gasteiger partial charge in [0.15, 0.2) is 0 Å². The first-order valence-electron chi connectivity index (χ1n) is 4.54. The van der Waals surface area contributed by atoms with Crippen molar-refractivity contribution in [1.82, 2.24) is 0 Å². The maximum Gasteiger partial charge on any atom is 0.320 e. The molecule has 0 heterocycles. The number of hydrogen-bond acceptors (Lipinski definition) is 7. The topological polar surface area (TPSA) is 122 Å². The average molecular weight is 223 g/mol. The molecule has 0 aliphatic rings. The molecule has 0 aromatic carbocycles. The number of hydrogen-bond donors (Lipinski definition) is 4. The summed E-state index contributed by atoms with van der Waals surface area (Å²) in [5, 5.41) is 26.9. The van der Waals surface area contributed by atoms with E-state index in [-0.39, 0.29) is 19.6 Å². The highest BCUT2D eigenvalue weighted by molar-refractivity contribution is 5.71. The van der Waals surface area contributed by atoms with Crippen LogP contribution in [0.3, 0.4) is 0 Å². The smallest absolute Gasteiger partial charge is 0.320 e. The van der Waals surface area contributed by atoms with Gasteiger partial charge in [0, 0.05) is 6.42 Å². The molecule has 1 atom stereocenters. The molecule has 90 valence electrons. The molecular weight excluding hydrogens is 206 g/mol. The second-order valence-corrected chi connectivity index (χ2v) is 2.91. The van der Waals surface area contributed by atoms with E-state index in [9.17, 15) is 4.79 Å². The number of aliphatic hydroxyl groups is 3. The second-order valence-electron chi connectivity index (χ2n) is 2.91. The highest BCUT2D eigenvalue weighted by Gasteiger charge is 2.24. The Labute approximate surface area is 87.4 Å². The summed E-state index contributed by atoms with van der Waals surface area (Å²) in [5.41, 5.74) is 4.99. The van der Waals surface area contributed by atoms with E-state index in [2.05, 4.69) is 9.47 Å². The van der Waals surface area contributed by atoms with Gasteiger partial charge in [0.25, 0.3) is 5.97 Å². The molecule has 0 radical (unpaired) electrons. The van der Waals surface area contributed by atoms with Crippen LogP contribution in [-0.2, 0) is 14.3 Å². The predicted molar refractivity (Wildman–Crippen MR) is 49.4 cm³/mol. The lowest BCUT2D eigenvalue weighted by atomic mass is 10.4. The molecule has 15 heavy (non-hydrogen) atoms. The first kappa shape index (κ1) is 14.3. The van der Waals surface area contributed by atoms with Gasteiger partial charge in [0.05, 0.1) is 19.8 Å². The lowest BCUT2D eigenvalue weighted by molar-refractivity contribution is -0.344. The lowest BCUT2D eigenvalue weighted by Crippen LogP contribution is -2.37. The Kier molecular flexibility index (Phi) is 6.37. The first-order valence-corrected chi connectivity index (χ1v) is 4.54. The molecule has 0 aromatic rings. The van der Waals surface area contributed by atoms with Crippen molar-refractivity contribution in [2.24, 2.45) is 5.73 Å². The Morgan fingerprint density at radius 2 is 2.13 bits per heavy atom. The summed E-state index contributed by atoms with van der Waals surface area (Å²) in [5.74, 6) is -2.97. The molecule has 0 bridgehead atoms. The van der Waals surface area contributed by atoms with E-state index in [0.717, 1.165) is 0 Å². The molecule has 0 saturated heterocycles. The summed E-state index contributed by atoms with van der Waals surface area (Å²) in [6.07, 6.45) is -0.998. The van der Waals surface area contributed by atoms with Crippen LogP contribution in [-0.4, -0.2) is 53.1 Å². The summed E-state index contributed by atoms with van der Waals surface area (Å²) >= 11 is 0. The van der Waals surface area contributed by atoms with Crippen LogP contribution in [0, 0.1) is 0 Å². The van der Waals surface area contributed by atoms with Gasteiger partial charge in [-0.1, -0.05) is 6.92 Å². The van der Waals surface area contributed by atoms with Crippen molar-refractivity contribution in [2.45, 2.75) is 25.4 Å². The highest BCUT2D eigenvalue weighted by Crippen LogP contribution is 2.08. The van der Waals surface area contributed by atoms with Gasteiger partial charge in [0.1, 0.15) is 6.10 Å². The van der Waals surface area contributed by atoms with Crippen LogP contribution in [0.25, 0.3) is 0 Å². The van der Waals surface area contributed by atoms with Crippen LogP contribution in [0.2, 0.25) is 0 Å². The van der Waals surface area contributed by atoms with Crippen molar-refractivity contribution in [3.63, 3.8) is 0 Å². The molecule has 1 unspecified atom stereocenters. The summed E-state index contributed by atoms with van der Waals surface area (Å²) in [6.45, 7) is 0.391. The third-order valence-electron chi connectivity index (χ3n) is 1.63. The summed E-state index contributed by atoms with van der Waals surface area (Å²) in [7, 11) is 0. The molecule has 0 amide bonds. The quantitative estimate of drug-likeness (QED) is 0.288. The normalized spacial score (nSPS) is 13.7. The Balaban J connectivity index is 3.95. The zero-order valence-corrected chi connectivity index (χ0v) is 8.55. The Morgan fingerprint density at radius 1 is 1.53 bits per heavy atom. The van der Waals surface area contributed by atoms with Gasteiger partial charge in [0.2, 0.25) is 0 Å². The lowest BCUT2D eigenvalue weighted by Gasteiger charge is -2.23. The van der Waals surface area contributed by atoms with Gasteiger partial charge in [-0.3, -0.25) is 4.79 Å². The first-order chi connectivity index (χ1) is 6.95. The SMILES string of the molecule is CCC(O)(O)OCC(CO)OC(=O)CN. The van der Waals surface area contributed by atoms with Crippen LogP contribution in [0.5, 0.6) is 0 Å². The fourth-order valence-electron chi connectivity index (χ4n) is 0.686. The largest absolute Gasteiger partial charge is 0.456 e.